The topological polar surface area (TPSA) is 38.0 Å². The molecule has 1 aromatic carbocycles. The maximum absolute atomic E-state index is 5.88. The standard InChI is InChI=1S/C11H14Cl2N2/c1-2-3-4-5-15-11-7-9(13)8(12)6-10(11)14/h2-3,6-7,15H,4-5,14H2,1H3/b3-2+. The zero-order valence-corrected chi connectivity index (χ0v) is 10.1. The summed E-state index contributed by atoms with van der Waals surface area (Å²) < 4.78 is 0. The van der Waals surface area contributed by atoms with E-state index in [1.54, 1.807) is 12.1 Å². The van der Waals surface area contributed by atoms with Gasteiger partial charge in [0, 0.05) is 6.54 Å². The van der Waals surface area contributed by atoms with Crippen LogP contribution in [-0.4, -0.2) is 6.54 Å². The summed E-state index contributed by atoms with van der Waals surface area (Å²) in [5.41, 5.74) is 7.22. The summed E-state index contributed by atoms with van der Waals surface area (Å²) in [5.74, 6) is 0. The van der Waals surface area contributed by atoms with E-state index in [0.29, 0.717) is 15.7 Å². The van der Waals surface area contributed by atoms with Crippen LogP contribution in [0.25, 0.3) is 0 Å². The van der Waals surface area contributed by atoms with Crippen LogP contribution < -0.4 is 11.1 Å². The van der Waals surface area contributed by atoms with Crippen LogP contribution in [0.1, 0.15) is 13.3 Å². The number of halogens is 2. The normalized spacial score (nSPS) is 10.9. The first-order valence-electron chi connectivity index (χ1n) is 4.74. The smallest absolute Gasteiger partial charge is 0.0614 e. The predicted octanol–water partition coefficient (Wildman–Crippen LogP) is 3.95. The van der Waals surface area contributed by atoms with Gasteiger partial charge in [-0.1, -0.05) is 35.4 Å². The molecular formula is C11H14Cl2N2. The van der Waals surface area contributed by atoms with Crippen LogP contribution in [-0.2, 0) is 0 Å². The highest BCUT2D eigenvalue weighted by Crippen LogP contribution is 2.30. The van der Waals surface area contributed by atoms with Gasteiger partial charge in [-0.15, -0.1) is 0 Å². The fourth-order valence-electron chi connectivity index (χ4n) is 1.17. The molecule has 1 rings (SSSR count). The summed E-state index contributed by atoms with van der Waals surface area (Å²) in [4.78, 5) is 0. The zero-order valence-electron chi connectivity index (χ0n) is 8.56. The number of hydrogen-bond acceptors (Lipinski definition) is 2. The van der Waals surface area contributed by atoms with Crippen molar-refractivity contribution in [3.05, 3.63) is 34.3 Å². The summed E-state index contributed by atoms with van der Waals surface area (Å²) in [6.07, 6.45) is 5.05. The second-order valence-electron chi connectivity index (χ2n) is 3.14. The molecule has 0 spiro atoms. The first-order valence-corrected chi connectivity index (χ1v) is 5.50. The van der Waals surface area contributed by atoms with Gasteiger partial charge >= 0.3 is 0 Å². The molecule has 3 N–H and O–H groups in total. The van der Waals surface area contributed by atoms with E-state index in [4.69, 9.17) is 28.9 Å². The fourth-order valence-corrected chi connectivity index (χ4v) is 1.51. The Morgan fingerprint density at radius 2 is 2.00 bits per heavy atom. The molecule has 0 radical (unpaired) electrons. The van der Waals surface area contributed by atoms with Crippen molar-refractivity contribution in [2.75, 3.05) is 17.6 Å². The SMILES string of the molecule is C/C=C/CCNc1cc(Cl)c(Cl)cc1N. The number of nitrogens with one attached hydrogen (secondary N) is 1. The number of allylic oxidation sites excluding steroid dienone is 1. The summed E-state index contributed by atoms with van der Waals surface area (Å²) in [7, 11) is 0. The van der Waals surface area contributed by atoms with Crippen LogP contribution in [0.5, 0.6) is 0 Å². The lowest BCUT2D eigenvalue weighted by molar-refractivity contribution is 1.07. The average Bonchev–Trinajstić information content (AvgIpc) is 2.20. The van der Waals surface area contributed by atoms with Crippen LogP contribution in [0.15, 0.2) is 24.3 Å². The molecule has 0 atom stereocenters. The first kappa shape index (κ1) is 12.2. The van der Waals surface area contributed by atoms with Gasteiger partial charge in [-0.3, -0.25) is 0 Å². The lowest BCUT2D eigenvalue weighted by atomic mass is 10.2. The number of anilines is 2. The Kier molecular flexibility index (Phi) is 4.79. The maximum atomic E-state index is 5.88. The van der Waals surface area contributed by atoms with Crippen molar-refractivity contribution >= 4 is 34.6 Å². The van der Waals surface area contributed by atoms with Crippen molar-refractivity contribution in [3.8, 4) is 0 Å². The van der Waals surface area contributed by atoms with Gasteiger partial charge in [0.1, 0.15) is 0 Å². The van der Waals surface area contributed by atoms with E-state index < -0.39 is 0 Å². The molecule has 0 saturated heterocycles. The lowest BCUT2D eigenvalue weighted by Gasteiger charge is -2.09. The number of nitrogens with two attached hydrogens (primary N) is 1. The zero-order chi connectivity index (χ0) is 11.3. The molecule has 1 aromatic rings. The second kappa shape index (κ2) is 5.89. The minimum Gasteiger partial charge on any atom is -0.397 e. The van der Waals surface area contributed by atoms with Gasteiger partial charge in [0.25, 0.3) is 0 Å². The molecule has 0 heterocycles. The molecule has 0 aliphatic rings. The number of nitrogen functional groups attached to an aromatic ring is 1. The summed E-state index contributed by atoms with van der Waals surface area (Å²) in [5, 5.41) is 4.19. The van der Waals surface area contributed by atoms with E-state index in [9.17, 15) is 0 Å². The Morgan fingerprint density at radius 3 is 2.67 bits per heavy atom. The third-order valence-electron chi connectivity index (χ3n) is 1.95. The van der Waals surface area contributed by atoms with Crippen molar-refractivity contribution in [1.82, 2.24) is 0 Å². The van der Waals surface area contributed by atoms with Crippen molar-refractivity contribution in [2.45, 2.75) is 13.3 Å². The summed E-state index contributed by atoms with van der Waals surface area (Å²) >= 11 is 11.7. The Balaban J connectivity index is 2.65. The second-order valence-corrected chi connectivity index (χ2v) is 3.95. The molecule has 0 aliphatic heterocycles. The lowest BCUT2D eigenvalue weighted by Crippen LogP contribution is -2.03. The van der Waals surface area contributed by atoms with Crippen LogP contribution in [0.4, 0.5) is 11.4 Å². The van der Waals surface area contributed by atoms with Gasteiger partial charge in [0.15, 0.2) is 0 Å². The van der Waals surface area contributed by atoms with Gasteiger partial charge in [0.2, 0.25) is 0 Å². The average molecular weight is 245 g/mol. The Morgan fingerprint density at radius 1 is 1.33 bits per heavy atom. The molecule has 0 aromatic heterocycles. The van der Waals surface area contributed by atoms with Crippen molar-refractivity contribution in [2.24, 2.45) is 0 Å². The van der Waals surface area contributed by atoms with E-state index >= 15 is 0 Å². The third-order valence-corrected chi connectivity index (χ3v) is 2.68. The van der Waals surface area contributed by atoms with E-state index in [-0.39, 0.29) is 0 Å². The van der Waals surface area contributed by atoms with E-state index in [2.05, 4.69) is 11.4 Å². The molecule has 0 aliphatic carbocycles. The van der Waals surface area contributed by atoms with E-state index in [1.165, 1.54) is 0 Å². The first-order chi connectivity index (χ1) is 7.15. The Bertz CT molecular complexity index is 362. The van der Waals surface area contributed by atoms with Crippen LogP contribution >= 0.6 is 23.2 Å². The number of rotatable bonds is 4. The largest absolute Gasteiger partial charge is 0.397 e. The highest BCUT2D eigenvalue weighted by atomic mass is 35.5. The fraction of sp³-hybridized carbons (Fsp3) is 0.273. The third kappa shape index (κ3) is 3.65. The molecule has 0 bridgehead atoms. The highest BCUT2D eigenvalue weighted by molar-refractivity contribution is 6.42. The Labute approximate surface area is 100 Å². The van der Waals surface area contributed by atoms with Gasteiger partial charge in [-0.05, 0) is 25.5 Å². The quantitative estimate of drug-likeness (QED) is 0.478. The van der Waals surface area contributed by atoms with Crippen LogP contribution in [0, 0.1) is 0 Å². The predicted molar refractivity (Wildman–Crippen MR) is 68.8 cm³/mol. The molecule has 82 valence electrons. The molecule has 0 fully saturated rings. The van der Waals surface area contributed by atoms with Crippen molar-refractivity contribution in [1.29, 1.82) is 0 Å². The van der Waals surface area contributed by atoms with Crippen molar-refractivity contribution in [3.63, 3.8) is 0 Å². The maximum Gasteiger partial charge on any atom is 0.0614 e. The van der Waals surface area contributed by atoms with Gasteiger partial charge < -0.3 is 11.1 Å². The highest BCUT2D eigenvalue weighted by Gasteiger charge is 2.03. The van der Waals surface area contributed by atoms with Crippen LogP contribution in [0.3, 0.4) is 0 Å². The minimum absolute atomic E-state index is 0.480. The molecular weight excluding hydrogens is 231 g/mol. The molecule has 0 amide bonds. The van der Waals surface area contributed by atoms with E-state index in [0.717, 1.165) is 18.7 Å². The van der Waals surface area contributed by atoms with Gasteiger partial charge in [0.05, 0.1) is 21.4 Å². The monoisotopic (exact) mass is 244 g/mol. The van der Waals surface area contributed by atoms with Gasteiger partial charge in [-0.2, -0.15) is 0 Å². The summed E-state index contributed by atoms with van der Waals surface area (Å²) in [6.45, 7) is 2.82. The number of hydrogen-bond donors (Lipinski definition) is 2. The number of benzene rings is 1. The molecule has 0 unspecified atom stereocenters. The van der Waals surface area contributed by atoms with E-state index in [1.807, 2.05) is 13.0 Å². The van der Waals surface area contributed by atoms with Gasteiger partial charge in [-0.25, -0.2) is 0 Å². The van der Waals surface area contributed by atoms with Crippen molar-refractivity contribution < 1.29 is 0 Å². The molecule has 4 heteroatoms. The molecule has 0 saturated carbocycles. The molecule has 15 heavy (non-hydrogen) atoms. The summed E-state index contributed by atoms with van der Waals surface area (Å²) in [6, 6.07) is 3.40. The Hall–Kier alpha value is -0.860. The minimum atomic E-state index is 0.480. The van der Waals surface area contributed by atoms with Crippen LogP contribution in [0.2, 0.25) is 10.0 Å². The molecule has 2 nitrogen and oxygen atoms in total.